The zero-order chi connectivity index (χ0) is 32.1. The Morgan fingerprint density at radius 2 is 1.82 bits per heavy atom. The van der Waals surface area contributed by atoms with Gasteiger partial charge in [-0.3, -0.25) is 24.7 Å². The summed E-state index contributed by atoms with van der Waals surface area (Å²) in [5.41, 5.74) is 7.51. The summed E-state index contributed by atoms with van der Waals surface area (Å²) < 4.78 is 5.50. The van der Waals surface area contributed by atoms with Crippen molar-refractivity contribution < 1.29 is 19.1 Å². The van der Waals surface area contributed by atoms with Gasteiger partial charge in [0.15, 0.2) is 0 Å². The number of rotatable bonds is 10. The van der Waals surface area contributed by atoms with E-state index in [4.69, 9.17) is 4.74 Å². The molecule has 250 valence electrons. The zero-order valence-electron chi connectivity index (χ0n) is 28.0. The molecular formula is C34H55N7O4. The van der Waals surface area contributed by atoms with Gasteiger partial charge < -0.3 is 25.6 Å². The summed E-state index contributed by atoms with van der Waals surface area (Å²) in [7, 11) is 2.15. The van der Waals surface area contributed by atoms with Crippen molar-refractivity contribution in [3.8, 4) is 0 Å². The zero-order valence-corrected chi connectivity index (χ0v) is 28.0. The number of piperidine rings is 1. The highest BCUT2D eigenvalue weighted by atomic mass is 16.5. The fraction of sp³-hybridized carbons (Fsp3) is 0.735. The van der Waals surface area contributed by atoms with Gasteiger partial charge in [-0.05, 0) is 75.1 Å². The number of hydrazine groups is 1. The van der Waals surface area contributed by atoms with E-state index in [1.54, 1.807) is 6.92 Å². The molecule has 0 aromatic heterocycles. The average molecular weight is 626 g/mol. The second-order valence-electron chi connectivity index (χ2n) is 13.9. The van der Waals surface area contributed by atoms with Crippen molar-refractivity contribution in [2.75, 3.05) is 71.0 Å². The Hall–Kier alpha value is -2.73. The monoisotopic (exact) mass is 625 g/mol. The molecule has 4 fully saturated rings. The van der Waals surface area contributed by atoms with Gasteiger partial charge in [-0.2, -0.15) is 0 Å². The van der Waals surface area contributed by atoms with Crippen molar-refractivity contribution in [1.29, 1.82) is 0 Å². The van der Waals surface area contributed by atoms with Crippen LogP contribution < -0.4 is 26.3 Å². The van der Waals surface area contributed by atoms with Crippen LogP contribution in [0, 0.1) is 18.8 Å². The highest BCUT2D eigenvalue weighted by Gasteiger charge is 2.33. The summed E-state index contributed by atoms with van der Waals surface area (Å²) in [5.74, 6) is 0.181. The summed E-state index contributed by atoms with van der Waals surface area (Å²) >= 11 is 0. The maximum absolute atomic E-state index is 13.8. The molecule has 3 amide bonds. The number of benzene rings is 1. The lowest BCUT2D eigenvalue weighted by molar-refractivity contribution is -0.129. The maximum Gasteiger partial charge on any atom is 0.251 e. The number of carbonyl (C=O) groups excluding carboxylic acids is 3. The Morgan fingerprint density at radius 3 is 2.51 bits per heavy atom. The lowest BCUT2D eigenvalue weighted by atomic mass is 9.84. The van der Waals surface area contributed by atoms with E-state index in [1.165, 1.54) is 5.56 Å². The Kier molecular flexibility index (Phi) is 11.4. The third kappa shape index (κ3) is 8.55. The van der Waals surface area contributed by atoms with E-state index in [9.17, 15) is 14.4 Å². The van der Waals surface area contributed by atoms with Crippen molar-refractivity contribution in [1.82, 2.24) is 31.3 Å². The number of nitrogens with one attached hydrogen (secondary N) is 4. The summed E-state index contributed by atoms with van der Waals surface area (Å²) in [6.07, 6.45) is 4.79. The minimum absolute atomic E-state index is 0.0245. The molecule has 1 saturated carbocycles. The van der Waals surface area contributed by atoms with Crippen LogP contribution in [0.4, 0.5) is 5.69 Å². The lowest BCUT2D eigenvalue weighted by Crippen LogP contribution is -2.50. The minimum atomic E-state index is -0.228. The van der Waals surface area contributed by atoms with Gasteiger partial charge in [-0.25, -0.2) is 5.01 Å². The molecule has 1 aromatic rings. The van der Waals surface area contributed by atoms with Gasteiger partial charge in [0.25, 0.3) is 5.91 Å². The number of hydrogen-bond donors (Lipinski definition) is 4. The van der Waals surface area contributed by atoms with E-state index >= 15 is 0 Å². The summed E-state index contributed by atoms with van der Waals surface area (Å²) in [5, 5.41) is 11.6. The van der Waals surface area contributed by atoms with Gasteiger partial charge in [-0.1, -0.05) is 6.92 Å². The maximum atomic E-state index is 13.8. The number of ether oxygens (including phenoxy) is 1. The molecule has 1 aliphatic carbocycles. The number of anilines is 1. The van der Waals surface area contributed by atoms with Crippen LogP contribution in [0.1, 0.15) is 80.3 Å². The second kappa shape index (κ2) is 15.2. The average Bonchev–Trinajstić information content (AvgIpc) is 3.49. The van der Waals surface area contributed by atoms with Gasteiger partial charge in [0.2, 0.25) is 11.8 Å². The van der Waals surface area contributed by atoms with Crippen molar-refractivity contribution in [2.45, 2.75) is 83.8 Å². The van der Waals surface area contributed by atoms with Gasteiger partial charge in [0.1, 0.15) is 0 Å². The predicted molar refractivity (Wildman–Crippen MR) is 176 cm³/mol. The first-order chi connectivity index (χ1) is 21.6. The molecule has 0 radical (unpaired) electrons. The molecule has 3 aliphatic heterocycles. The van der Waals surface area contributed by atoms with Crippen LogP contribution in [0.5, 0.6) is 0 Å². The Labute approximate surface area is 269 Å². The molecule has 0 bridgehead atoms. The van der Waals surface area contributed by atoms with Gasteiger partial charge in [0, 0.05) is 95.1 Å². The van der Waals surface area contributed by atoms with E-state index in [0.29, 0.717) is 18.2 Å². The number of morpholine rings is 1. The van der Waals surface area contributed by atoms with Crippen LogP contribution >= 0.6 is 0 Å². The fourth-order valence-electron chi connectivity index (χ4n) is 7.75. The second-order valence-corrected chi connectivity index (χ2v) is 13.9. The van der Waals surface area contributed by atoms with Crippen LogP contribution in [-0.4, -0.2) is 112 Å². The molecule has 1 aromatic carbocycles. The topological polar surface area (TPSA) is 118 Å². The number of nitrogens with zero attached hydrogens (tertiary/aromatic N) is 3. The molecule has 4 N–H and O–H groups in total. The SMILES string of the molecule is CC(=O)NC1CCC(N(C)c2cc(C3CNN(CCN4CCOCC4)C3)cc(C(=O)NCC3C(=O)NC(C)CC3C)c2C)CC1. The smallest absolute Gasteiger partial charge is 0.251 e. The highest BCUT2D eigenvalue weighted by Crippen LogP contribution is 2.34. The summed E-state index contributed by atoms with van der Waals surface area (Å²) in [6.45, 7) is 15.3. The van der Waals surface area contributed by atoms with E-state index < -0.39 is 0 Å². The molecule has 11 nitrogen and oxygen atoms in total. The molecule has 4 aliphatic rings. The molecular weight excluding hydrogens is 570 g/mol. The first-order valence-corrected chi connectivity index (χ1v) is 17.1. The fourth-order valence-corrected chi connectivity index (χ4v) is 7.75. The van der Waals surface area contributed by atoms with Crippen LogP contribution in [0.25, 0.3) is 0 Å². The third-order valence-corrected chi connectivity index (χ3v) is 10.6. The van der Waals surface area contributed by atoms with Crippen molar-refractivity contribution in [3.05, 3.63) is 28.8 Å². The Balaban J connectivity index is 1.32. The molecule has 0 spiro atoms. The first kappa shape index (κ1) is 33.6. The molecule has 3 heterocycles. The summed E-state index contributed by atoms with van der Waals surface area (Å²) in [6, 6.07) is 5.11. The molecule has 11 heteroatoms. The van der Waals surface area contributed by atoms with E-state index in [0.717, 1.165) is 95.8 Å². The number of amides is 3. The van der Waals surface area contributed by atoms with Gasteiger partial charge in [-0.15, -0.1) is 0 Å². The molecule has 45 heavy (non-hydrogen) atoms. The molecule has 3 saturated heterocycles. The minimum Gasteiger partial charge on any atom is -0.379 e. The predicted octanol–water partition coefficient (Wildman–Crippen LogP) is 2.01. The summed E-state index contributed by atoms with van der Waals surface area (Å²) in [4.78, 5) is 43.0. The largest absolute Gasteiger partial charge is 0.379 e. The van der Waals surface area contributed by atoms with E-state index in [1.807, 2.05) is 13.8 Å². The Bertz CT molecular complexity index is 1200. The van der Waals surface area contributed by atoms with Gasteiger partial charge in [0.05, 0.1) is 19.1 Å². The van der Waals surface area contributed by atoms with Crippen molar-refractivity contribution in [2.24, 2.45) is 11.8 Å². The third-order valence-electron chi connectivity index (χ3n) is 10.6. The normalized spacial score (nSPS) is 29.7. The van der Waals surface area contributed by atoms with Gasteiger partial charge >= 0.3 is 0 Å². The highest BCUT2D eigenvalue weighted by molar-refractivity contribution is 5.98. The van der Waals surface area contributed by atoms with Crippen LogP contribution in [0.15, 0.2) is 12.1 Å². The molecule has 4 unspecified atom stereocenters. The molecule has 4 atom stereocenters. The van der Waals surface area contributed by atoms with E-state index in [-0.39, 0.29) is 47.6 Å². The van der Waals surface area contributed by atoms with Crippen LogP contribution in [0.3, 0.4) is 0 Å². The quantitative estimate of drug-likeness (QED) is 0.312. The Morgan fingerprint density at radius 1 is 1.09 bits per heavy atom. The lowest BCUT2D eigenvalue weighted by Gasteiger charge is -2.37. The van der Waals surface area contributed by atoms with Crippen molar-refractivity contribution in [3.63, 3.8) is 0 Å². The number of carbonyl (C=O) groups is 3. The van der Waals surface area contributed by atoms with Crippen LogP contribution in [-0.2, 0) is 14.3 Å². The number of hydrogen-bond acceptors (Lipinski definition) is 8. The first-order valence-electron chi connectivity index (χ1n) is 17.1. The van der Waals surface area contributed by atoms with Crippen LogP contribution in [0.2, 0.25) is 0 Å². The van der Waals surface area contributed by atoms with E-state index in [2.05, 4.69) is 62.3 Å². The standard InChI is InChI=1S/C34H55N7O4/c1-22-16-23(2)37-34(44)31(22)20-35-33(43)30-17-26(27-19-36-41(21-27)11-10-40-12-14-45-15-13-40)18-32(24(30)3)39(5)29-8-6-28(7-9-29)38-25(4)42/h17-18,22-23,27-29,31,36H,6-16,19-21H2,1-5H3,(H,35,43)(H,37,44)(H,38,42). The van der Waals surface area contributed by atoms with Crippen molar-refractivity contribution >= 4 is 23.4 Å². The molecule has 5 rings (SSSR count).